The van der Waals surface area contributed by atoms with Crippen molar-refractivity contribution in [2.45, 2.75) is 6.92 Å². The number of esters is 1. The summed E-state index contributed by atoms with van der Waals surface area (Å²) in [6, 6.07) is 0. The molecule has 64 valence electrons. The van der Waals surface area contributed by atoms with E-state index in [0.29, 0.717) is 6.54 Å². The van der Waals surface area contributed by atoms with Crippen molar-refractivity contribution in [2.75, 3.05) is 20.2 Å². The van der Waals surface area contributed by atoms with E-state index in [1.165, 1.54) is 7.11 Å². The van der Waals surface area contributed by atoms with E-state index in [-0.39, 0.29) is 11.9 Å². The van der Waals surface area contributed by atoms with Gasteiger partial charge in [-0.2, -0.15) is 0 Å². The lowest BCUT2D eigenvalue weighted by molar-refractivity contribution is -0.144. The van der Waals surface area contributed by atoms with Crippen LogP contribution in [0.25, 0.3) is 0 Å². The number of methoxy groups -OCH3 is 1. The molecular weight excluding hydrogens is 142 g/mol. The SMILES string of the molecule is C=CCNC[C@@H](C)C(=O)OC. The predicted molar refractivity (Wildman–Crippen MR) is 44.2 cm³/mol. The van der Waals surface area contributed by atoms with Gasteiger partial charge < -0.3 is 10.1 Å². The summed E-state index contributed by atoms with van der Waals surface area (Å²) in [5.41, 5.74) is 0. The van der Waals surface area contributed by atoms with Crippen LogP contribution in [0.1, 0.15) is 6.92 Å². The zero-order valence-corrected chi connectivity index (χ0v) is 7.09. The zero-order chi connectivity index (χ0) is 8.69. The first-order valence-electron chi connectivity index (χ1n) is 3.61. The lowest BCUT2D eigenvalue weighted by Gasteiger charge is -2.08. The van der Waals surface area contributed by atoms with Crippen LogP contribution < -0.4 is 5.32 Å². The smallest absolute Gasteiger partial charge is 0.309 e. The van der Waals surface area contributed by atoms with Gasteiger partial charge in [-0.25, -0.2) is 0 Å². The van der Waals surface area contributed by atoms with E-state index in [1.54, 1.807) is 6.08 Å². The number of hydrogen-bond donors (Lipinski definition) is 1. The van der Waals surface area contributed by atoms with Gasteiger partial charge in [-0.3, -0.25) is 4.79 Å². The lowest BCUT2D eigenvalue weighted by Crippen LogP contribution is -2.27. The molecule has 0 unspecified atom stereocenters. The minimum Gasteiger partial charge on any atom is -0.469 e. The average molecular weight is 157 g/mol. The third-order valence-corrected chi connectivity index (χ3v) is 1.34. The van der Waals surface area contributed by atoms with Crippen molar-refractivity contribution in [3.8, 4) is 0 Å². The molecule has 3 heteroatoms. The largest absolute Gasteiger partial charge is 0.469 e. The quantitative estimate of drug-likeness (QED) is 0.360. The van der Waals surface area contributed by atoms with Gasteiger partial charge >= 0.3 is 5.97 Å². The molecule has 0 bridgehead atoms. The molecule has 0 spiro atoms. The molecule has 1 N–H and O–H groups in total. The van der Waals surface area contributed by atoms with Crippen molar-refractivity contribution in [1.82, 2.24) is 5.32 Å². The van der Waals surface area contributed by atoms with Crippen LogP contribution >= 0.6 is 0 Å². The Morgan fingerprint density at radius 1 is 1.82 bits per heavy atom. The van der Waals surface area contributed by atoms with Crippen molar-refractivity contribution in [2.24, 2.45) is 5.92 Å². The van der Waals surface area contributed by atoms with Crippen molar-refractivity contribution in [1.29, 1.82) is 0 Å². The summed E-state index contributed by atoms with van der Waals surface area (Å²) in [6.45, 7) is 6.73. The normalized spacial score (nSPS) is 12.2. The summed E-state index contributed by atoms with van der Waals surface area (Å²) in [5, 5.41) is 3.03. The molecule has 0 heterocycles. The zero-order valence-electron chi connectivity index (χ0n) is 7.09. The number of carbonyl (C=O) groups excluding carboxylic acids is 1. The second-order valence-corrected chi connectivity index (χ2v) is 2.37. The average Bonchev–Trinajstić information content (AvgIpc) is 2.03. The molecule has 0 aromatic heterocycles. The van der Waals surface area contributed by atoms with E-state index >= 15 is 0 Å². The topological polar surface area (TPSA) is 38.3 Å². The van der Waals surface area contributed by atoms with Crippen LogP contribution in [0.2, 0.25) is 0 Å². The number of rotatable bonds is 5. The van der Waals surface area contributed by atoms with Gasteiger partial charge in [0.05, 0.1) is 13.0 Å². The summed E-state index contributed by atoms with van der Waals surface area (Å²) >= 11 is 0. The molecule has 0 aromatic rings. The molecule has 0 aliphatic carbocycles. The highest BCUT2D eigenvalue weighted by Crippen LogP contribution is 1.94. The Hall–Kier alpha value is -0.830. The van der Waals surface area contributed by atoms with Gasteiger partial charge in [-0.15, -0.1) is 6.58 Å². The second-order valence-electron chi connectivity index (χ2n) is 2.37. The Morgan fingerprint density at radius 2 is 2.45 bits per heavy atom. The molecule has 0 aliphatic heterocycles. The standard InChI is InChI=1S/C8H15NO2/c1-4-5-9-6-7(2)8(10)11-3/h4,7,9H,1,5-6H2,2-3H3/t7-/m1/s1. The van der Waals surface area contributed by atoms with E-state index in [0.717, 1.165) is 6.54 Å². The Bertz CT molecular complexity index is 134. The summed E-state index contributed by atoms with van der Waals surface area (Å²) in [7, 11) is 1.40. The maximum absolute atomic E-state index is 10.8. The minimum atomic E-state index is -0.179. The Morgan fingerprint density at radius 3 is 2.91 bits per heavy atom. The summed E-state index contributed by atoms with van der Waals surface area (Å²) in [5.74, 6) is -0.262. The lowest BCUT2D eigenvalue weighted by atomic mass is 10.2. The number of nitrogens with one attached hydrogen (secondary N) is 1. The minimum absolute atomic E-state index is 0.0834. The molecule has 0 rings (SSSR count). The van der Waals surface area contributed by atoms with Gasteiger partial charge in [0.15, 0.2) is 0 Å². The summed E-state index contributed by atoms with van der Waals surface area (Å²) < 4.78 is 4.54. The highest BCUT2D eigenvalue weighted by molar-refractivity contribution is 5.71. The van der Waals surface area contributed by atoms with E-state index in [9.17, 15) is 4.79 Å². The molecule has 0 saturated carbocycles. The first-order valence-corrected chi connectivity index (χ1v) is 3.61. The number of ether oxygens (including phenoxy) is 1. The predicted octanol–water partition coefficient (Wildman–Crippen LogP) is 0.571. The van der Waals surface area contributed by atoms with E-state index in [1.807, 2.05) is 6.92 Å². The fraction of sp³-hybridized carbons (Fsp3) is 0.625. The number of carbonyl (C=O) groups is 1. The van der Waals surface area contributed by atoms with Crippen molar-refractivity contribution >= 4 is 5.97 Å². The molecule has 11 heavy (non-hydrogen) atoms. The van der Waals surface area contributed by atoms with Gasteiger partial charge in [0.25, 0.3) is 0 Å². The van der Waals surface area contributed by atoms with Crippen molar-refractivity contribution in [3.05, 3.63) is 12.7 Å². The summed E-state index contributed by atoms with van der Waals surface area (Å²) in [6.07, 6.45) is 1.75. The van der Waals surface area contributed by atoms with Crippen LogP contribution in [0, 0.1) is 5.92 Å². The van der Waals surface area contributed by atoms with Gasteiger partial charge in [-0.1, -0.05) is 13.0 Å². The van der Waals surface area contributed by atoms with Crippen molar-refractivity contribution in [3.63, 3.8) is 0 Å². The Balaban J connectivity index is 3.43. The molecule has 1 atom stereocenters. The Kier molecular flexibility index (Phi) is 5.47. The van der Waals surface area contributed by atoms with Gasteiger partial charge in [-0.05, 0) is 0 Å². The molecule has 0 saturated heterocycles. The van der Waals surface area contributed by atoms with Gasteiger partial charge in [0, 0.05) is 13.1 Å². The molecule has 0 amide bonds. The molecule has 0 aliphatic rings. The van der Waals surface area contributed by atoms with Crippen LogP contribution in [0.4, 0.5) is 0 Å². The van der Waals surface area contributed by atoms with E-state index < -0.39 is 0 Å². The monoisotopic (exact) mass is 157 g/mol. The first-order chi connectivity index (χ1) is 5.22. The van der Waals surface area contributed by atoms with Crippen LogP contribution in [0.5, 0.6) is 0 Å². The fourth-order valence-corrected chi connectivity index (χ4v) is 0.686. The van der Waals surface area contributed by atoms with Crippen LogP contribution in [0.3, 0.4) is 0 Å². The highest BCUT2D eigenvalue weighted by atomic mass is 16.5. The molecule has 0 aromatic carbocycles. The van der Waals surface area contributed by atoms with E-state index in [4.69, 9.17) is 0 Å². The number of hydrogen-bond acceptors (Lipinski definition) is 3. The van der Waals surface area contributed by atoms with Crippen LogP contribution in [-0.4, -0.2) is 26.2 Å². The van der Waals surface area contributed by atoms with Gasteiger partial charge in [0.2, 0.25) is 0 Å². The highest BCUT2D eigenvalue weighted by Gasteiger charge is 2.10. The first kappa shape index (κ1) is 10.2. The molecule has 0 radical (unpaired) electrons. The maximum atomic E-state index is 10.8. The molecule has 3 nitrogen and oxygen atoms in total. The molecular formula is C8H15NO2. The van der Waals surface area contributed by atoms with E-state index in [2.05, 4.69) is 16.6 Å². The van der Waals surface area contributed by atoms with Gasteiger partial charge in [0.1, 0.15) is 0 Å². The third kappa shape index (κ3) is 4.56. The van der Waals surface area contributed by atoms with Crippen molar-refractivity contribution < 1.29 is 9.53 Å². The molecule has 0 fully saturated rings. The summed E-state index contributed by atoms with van der Waals surface area (Å²) in [4.78, 5) is 10.8. The second kappa shape index (κ2) is 5.92. The van der Waals surface area contributed by atoms with Crippen LogP contribution in [-0.2, 0) is 9.53 Å². The third-order valence-electron chi connectivity index (χ3n) is 1.34. The maximum Gasteiger partial charge on any atom is 0.309 e. The van der Waals surface area contributed by atoms with Crippen LogP contribution in [0.15, 0.2) is 12.7 Å². The fourth-order valence-electron chi connectivity index (χ4n) is 0.686. The Labute approximate surface area is 67.4 Å².